The Kier molecular flexibility index (Phi) is 5.02. The summed E-state index contributed by atoms with van der Waals surface area (Å²) < 4.78 is 2.01. The standard InChI is InChI=1S/C15H24N2O2/c1-2-13-15(19)14(18)7-12-17(13)11-6-5-10-16-8-3-4-9-16/h7,12,19H,2-6,8-11H2,1H3. The first-order valence-electron chi connectivity index (χ1n) is 7.36. The summed E-state index contributed by atoms with van der Waals surface area (Å²) in [4.78, 5) is 13.9. The van der Waals surface area contributed by atoms with E-state index >= 15 is 0 Å². The van der Waals surface area contributed by atoms with Crippen molar-refractivity contribution in [1.29, 1.82) is 0 Å². The van der Waals surface area contributed by atoms with Crippen LogP contribution < -0.4 is 5.43 Å². The second-order valence-electron chi connectivity index (χ2n) is 5.28. The van der Waals surface area contributed by atoms with Crippen LogP contribution in [0.5, 0.6) is 5.75 Å². The number of rotatable bonds is 6. The van der Waals surface area contributed by atoms with E-state index < -0.39 is 0 Å². The Labute approximate surface area is 114 Å². The van der Waals surface area contributed by atoms with E-state index in [2.05, 4.69) is 4.90 Å². The van der Waals surface area contributed by atoms with Crippen molar-refractivity contribution in [3.05, 3.63) is 28.2 Å². The molecule has 1 N–H and O–H groups in total. The first-order chi connectivity index (χ1) is 9.22. The Morgan fingerprint density at radius 2 is 1.89 bits per heavy atom. The Hall–Kier alpha value is -1.29. The summed E-state index contributed by atoms with van der Waals surface area (Å²) in [5.41, 5.74) is 0.485. The molecule has 0 atom stereocenters. The third-order valence-electron chi connectivity index (χ3n) is 3.92. The average Bonchev–Trinajstić information content (AvgIpc) is 2.92. The lowest BCUT2D eigenvalue weighted by atomic mass is 10.2. The summed E-state index contributed by atoms with van der Waals surface area (Å²) in [6.45, 7) is 6.52. The van der Waals surface area contributed by atoms with E-state index in [1.54, 1.807) is 6.20 Å². The zero-order chi connectivity index (χ0) is 13.7. The number of likely N-dealkylation sites (tertiary alicyclic amines) is 1. The third kappa shape index (κ3) is 3.60. The van der Waals surface area contributed by atoms with Gasteiger partial charge in [-0.1, -0.05) is 6.92 Å². The van der Waals surface area contributed by atoms with Crippen LogP contribution in [-0.2, 0) is 13.0 Å². The lowest BCUT2D eigenvalue weighted by Crippen LogP contribution is -2.21. The minimum atomic E-state index is -0.273. The fourth-order valence-electron chi connectivity index (χ4n) is 2.81. The molecule has 1 aliphatic heterocycles. The molecule has 0 amide bonds. The zero-order valence-electron chi connectivity index (χ0n) is 11.8. The lowest BCUT2D eigenvalue weighted by Gasteiger charge is -2.16. The van der Waals surface area contributed by atoms with Gasteiger partial charge >= 0.3 is 0 Å². The first kappa shape index (κ1) is 14.1. The van der Waals surface area contributed by atoms with Crippen LogP contribution in [0.1, 0.15) is 38.3 Å². The van der Waals surface area contributed by atoms with Gasteiger partial charge in [0, 0.05) is 18.8 Å². The Morgan fingerprint density at radius 1 is 1.21 bits per heavy atom. The van der Waals surface area contributed by atoms with Crippen molar-refractivity contribution in [2.45, 2.75) is 45.6 Å². The molecule has 1 aromatic heterocycles. The van der Waals surface area contributed by atoms with Crippen LogP contribution in [-0.4, -0.2) is 34.2 Å². The SMILES string of the molecule is CCc1c(O)c(=O)ccn1CCCCN1CCCC1. The van der Waals surface area contributed by atoms with Crippen molar-refractivity contribution in [3.8, 4) is 5.75 Å². The van der Waals surface area contributed by atoms with Crippen molar-refractivity contribution in [1.82, 2.24) is 9.47 Å². The van der Waals surface area contributed by atoms with Gasteiger partial charge in [-0.3, -0.25) is 4.79 Å². The lowest BCUT2D eigenvalue weighted by molar-refractivity contribution is 0.325. The molecular weight excluding hydrogens is 240 g/mol. The second-order valence-corrected chi connectivity index (χ2v) is 5.28. The van der Waals surface area contributed by atoms with Gasteiger partial charge in [-0.05, 0) is 51.7 Å². The van der Waals surface area contributed by atoms with Crippen molar-refractivity contribution in [2.24, 2.45) is 0 Å². The number of nitrogens with zero attached hydrogens (tertiary/aromatic N) is 2. The van der Waals surface area contributed by atoms with Crippen LogP contribution in [0.4, 0.5) is 0 Å². The molecule has 1 aliphatic rings. The van der Waals surface area contributed by atoms with Crippen molar-refractivity contribution >= 4 is 0 Å². The molecule has 2 heterocycles. The second kappa shape index (κ2) is 6.75. The number of unbranched alkanes of at least 4 members (excludes halogenated alkanes) is 1. The fraction of sp³-hybridized carbons (Fsp3) is 0.667. The largest absolute Gasteiger partial charge is 0.503 e. The predicted molar refractivity (Wildman–Crippen MR) is 76.7 cm³/mol. The molecule has 4 heteroatoms. The number of hydrogen-bond acceptors (Lipinski definition) is 3. The van der Waals surface area contributed by atoms with Crippen LogP contribution >= 0.6 is 0 Å². The molecule has 19 heavy (non-hydrogen) atoms. The molecule has 4 nitrogen and oxygen atoms in total. The molecular formula is C15H24N2O2. The molecule has 0 saturated carbocycles. The van der Waals surface area contributed by atoms with E-state index in [0.29, 0.717) is 6.42 Å². The van der Waals surface area contributed by atoms with Crippen LogP contribution in [0.3, 0.4) is 0 Å². The quantitative estimate of drug-likeness (QED) is 0.799. The van der Waals surface area contributed by atoms with Gasteiger partial charge in [-0.2, -0.15) is 0 Å². The average molecular weight is 264 g/mol. The third-order valence-corrected chi connectivity index (χ3v) is 3.92. The number of aromatic nitrogens is 1. The van der Waals surface area contributed by atoms with Gasteiger partial charge in [0.05, 0.1) is 5.69 Å². The first-order valence-corrected chi connectivity index (χ1v) is 7.36. The van der Waals surface area contributed by atoms with Gasteiger partial charge < -0.3 is 14.6 Å². The number of aromatic hydroxyl groups is 1. The topological polar surface area (TPSA) is 45.5 Å². The summed E-state index contributed by atoms with van der Waals surface area (Å²) in [5.74, 6) is -0.0791. The highest BCUT2D eigenvalue weighted by atomic mass is 16.3. The van der Waals surface area contributed by atoms with E-state index in [1.165, 1.54) is 45.0 Å². The molecule has 0 radical (unpaired) electrons. The van der Waals surface area contributed by atoms with Crippen molar-refractivity contribution < 1.29 is 5.11 Å². The minimum absolute atomic E-state index is 0.0791. The Balaban J connectivity index is 1.85. The monoisotopic (exact) mass is 264 g/mol. The van der Waals surface area contributed by atoms with E-state index in [4.69, 9.17) is 0 Å². The molecule has 0 aliphatic carbocycles. The normalized spacial score (nSPS) is 16.1. The maximum atomic E-state index is 11.4. The van der Waals surface area contributed by atoms with E-state index in [9.17, 15) is 9.90 Å². The van der Waals surface area contributed by atoms with Crippen LogP contribution in [0.25, 0.3) is 0 Å². The van der Waals surface area contributed by atoms with Crippen LogP contribution in [0, 0.1) is 0 Å². The molecule has 0 spiro atoms. The molecule has 0 unspecified atom stereocenters. The maximum Gasteiger partial charge on any atom is 0.223 e. The summed E-state index contributed by atoms with van der Waals surface area (Å²) >= 11 is 0. The van der Waals surface area contributed by atoms with Gasteiger partial charge in [0.2, 0.25) is 5.43 Å². The molecule has 1 saturated heterocycles. The maximum absolute atomic E-state index is 11.4. The van der Waals surface area contributed by atoms with Gasteiger partial charge in [0.1, 0.15) is 0 Å². The summed E-state index contributed by atoms with van der Waals surface area (Å²) in [5, 5.41) is 9.77. The Bertz CT molecular complexity index is 462. The highest BCUT2D eigenvalue weighted by Gasteiger charge is 2.11. The molecule has 1 aromatic rings. The molecule has 1 fully saturated rings. The summed E-state index contributed by atoms with van der Waals surface area (Å²) in [6, 6.07) is 1.45. The van der Waals surface area contributed by atoms with E-state index in [0.717, 1.165) is 18.7 Å². The van der Waals surface area contributed by atoms with Crippen LogP contribution in [0.15, 0.2) is 17.1 Å². The minimum Gasteiger partial charge on any atom is -0.503 e. The highest BCUT2D eigenvalue weighted by molar-refractivity contribution is 5.26. The fourth-order valence-corrected chi connectivity index (χ4v) is 2.81. The zero-order valence-corrected chi connectivity index (χ0v) is 11.8. The smallest absolute Gasteiger partial charge is 0.223 e. The van der Waals surface area contributed by atoms with Gasteiger partial charge in [-0.25, -0.2) is 0 Å². The number of pyridine rings is 1. The Morgan fingerprint density at radius 3 is 2.58 bits per heavy atom. The van der Waals surface area contributed by atoms with Gasteiger partial charge in [-0.15, -0.1) is 0 Å². The highest BCUT2D eigenvalue weighted by Crippen LogP contribution is 2.13. The van der Waals surface area contributed by atoms with Crippen molar-refractivity contribution in [3.63, 3.8) is 0 Å². The van der Waals surface area contributed by atoms with E-state index in [1.807, 2.05) is 11.5 Å². The van der Waals surface area contributed by atoms with Crippen LogP contribution in [0.2, 0.25) is 0 Å². The van der Waals surface area contributed by atoms with Gasteiger partial charge in [0.25, 0.3) is 0 Å². The molecule has 2 rings (SSSR count). The molecule has 106 valence electrons. The number of aryl methyl sites for hydroxylation is 1. The van der Waals surface area contributed by atoms with Gasteiger partial charge in [0.15, 0.2) is 5.75 Å². The molecule has 0 bridgehead atoms. The predicted octanol–water partition coefficient (Wildman–Crippen LogP) is 1.99. The van der Waals surface area contributed by atoms with E-state index in [-0.39, 0.29) is 11.2 Å². The number of hydrogen-bond donors (Lipinski definition) is 1. The summed E-state index contributed by atoms with van der Waals surface area (Å²) in [6.07, 6.45) is 7.44. The van der Waals surface area contributed by atoms with Crippen molar-refractivity contribution in [2.75, 3.05) is 19.6 Å². The summed E-state index contributed by atoms with van der Waals surface area (Å²) in [7, 11) is 0. The molecule has 0 aromatic carbocycles.